The molecule has 1 fully saturated rings. The number of hydrogen-bond donors (Lipinski definition) is 2. The number of carbonyl (C=O) groups is 1. The van der Waals surface area contributed by atoms with Gasteiger partial charge in [0.1, 0.15) is 5.82 Å². The highest BCUT2D eigenvalue weighted by Crippen LogP contribution is 2.29. The lowest BCUT2D eigenvalue weighted by Gasteiger charge is -2.30. The van der Waals surface area contributed by atoms with Crippen LogP contribution in [0.5, 0.6) is 0 Å². The summed E-state index contributed by atoms with van der Waals surface area (Å²) in [5, 5.41) is 12.2. The lowest BCUT2D eigenvalue weighted by Crippen LogP contribution is -2.35. The van der Waals surface area contributed by atoms with Gasteiger partial charge in [0.2, 0.25) is 0 Å². The van der Waals surface area contributed by atoms with Crippen LogP contribution in [0.2, 0.25) is 0 Å². The standard InChI is InChI=1S/C15H19BrFNO2/c16-13-7-10(5-6-14(13)17)15(20)18-8-11-3-1-2-4-12(11)9-19/h5-7,11-12,19H,1-4,8-9H2,(H,18,20). The molecular weight excluding hydrogens is 325 g/mol. The number of nitrogens with one attached hydrogen (secondary N) is 1. The number of rotatable bonds is 4. The fraction of sp³-hybridized carbons (Fsp3) is 0.533. The zero-order valence-corrected chi connectivity index (χ0v) is 12.8. The molecule has 0 heterocycles. The van der Waals surface area contributed by atoms with Crippen LogP contribution in [-0.4, -0.2) is 24.2 Å². The van der Waals surface area contributed by atoms with E-state index in [0.717, 1.165) is 25.7 Å². The Bertz CT molecular complexity index is 481. The molecule has 0 aromatic heterocycles. The van der Waals surface area contributed by atoms with Crippen molar-refractivity contribution in [2.24, 2.45) is 11.8 Å². The van der Waals surface area contributed by atoms with Crippen molar-refractivity contribution in [3.63, 3.8) is 0 Å². The summed E-state index contributed by atoms with van der Waals surface area (Å²) >= 11 is 3.07. The second-order valence-corrected chi connectivity index (χ2v) is 6.18. The predicted octanol–water partition coefficient (Wildman–Crippen LogP) is 3.12. The average Bonchev–Trinajstić information content (AvgIpc) is 2.47. The first kappa shape index (κ1) is 15.4. The van der Waals surface area contributed by atoms with Gasteiger partial charge in [-0.25, -0.2) is 4.39 Å². The number of hydrogen-bond acceptors (Lipinski definition) is 2. The van der Waals surface area contributed by atoms with Crippen molar-refractivity contribution in [1.82, 2.24) is 5.32 Å². The van der Waals surface area contributed by atoms with Crippen molar-refractivity contribution in [2.75, 3.05) is 13.2 Å². The van der Waals surface area contributed by atoms with Gasteiger partial charge in [0.25, 0.3) is 5.91 Å². The molecule has 2 rings (SSSR count). The van der Waals surface area contributed by atoms with Crippen LogP contribution in [0.15, 0.2) is 22.7 Å². The van der Waals surface area contributed by atoms with E-state index in [2.05, 4.69) is 21.2 Å². The Balaban J connectivity index is 1.92. The van der Waals surface area contributed by atoms with E-state index in [9.17, 15) is 14.3 Å². The van der Waals surface area contributed by atoms with Gasteiger partial charge in [-0.2, -0.15) is 0 Å². The normalized spacial score (nSPS) is 22.6. The summed E-state index contributed by atoms with van der Waals surface area (Å²) in [7, 11) is 0. The van der Waals surface area contributed by atoms with Crippen LogP contribution in [0, 0.1) is 17.7 Å². The first-order valence-corrected chi connectivity index (χ1v) is 7.75. The lowest BCUT2D eigenvalue weighted by molar-refractivity contribution is 0.0909. The maximum atomic E-state index is 13.1. The molecule has 5 heteroatoms. The van der Waals surface area contributed by atoms with E-state index in [-0.39, 0.29) is 28.7 Å². The fourth-order valence-corrected chi connectivity index (χ4v) is 3.14. The van der Waals surface area contributed by atoms with E-state index in [1.807, 2.05) is 0 Å². The molecule has 1 aliphatic carbocycles. The number of benzene rings is 1. The molecule has 1 aliphatic rings. The predicted molar refractivity (Wildman–Crippen MR) is 79.0 cm³/mol. The molecule has 0 saturated heterocycles. The fourth-order valence-electron chi connectivity index (χ4n) is 2.76. The minimum absolute atomic E-state index is 0.183. The molecule has 1 aromatic rings. The summed E-state index contributed by atoms with van der Waals surface area (Å²) in [5.41, 5.74) is 0.439. The SMILES string of the molecule is O=C(NCC1CCCCC1CO)c1ccc(F)c(Br)c1. The Hall–Kier alpha value is -0.940. The summed E-state index contributed by atoms with van der Waals surface area (Å²) < 4.78 is 13.4. The van der Waals surface area contributed by atoms with Gasteiger partial charge < -0.3 is 10.4 Å². The number of aliphatic hydroxyl groups is 1. The van der Waals surface area contributed by atoms with Gasteiger partial charge in [0.15, 0.2) is 0 Å². The zero-order valence-electron chi connectivity index (χ0n) is 11.2. The highest BCUT2D eigenvalue weighted by molar-refractivity contribution is 9.10. The highest BCUT2D eigenvalue weighted by atomic mass is 79.9. The van der Waals surface area contributed by atoms with Crippen molar-refractivity contribution >= 4 is 21.8 Å². The molecule has 1 amide bonds. The lowest BCUT2D eigenvalue weighted by atomic mass is 9.79. The minimum atomic E-state index is -0.380. The van der Waals surface area contributed by atoms with Crippen molar-refractivity contribution in [1.29, 1.82) is 0 Å². The summed E-state index contributed by atoms with van der Waals surface area (Å²) in [4.78, 5) is 12.0. The molecule has 0 bridgehead atoms. The molecule has 1 saturated carbocycles. The average molecular weight is 344 g/mol. The van der Waals surface area contributed by atoms with Crippen LogP contribution in [-0.2, 0) is 0 Å². The summed E-state index contributed by atoms with van der Waals surface area (Å²) in [6.45, 7) is 0.752. The Kier molecular flexibility index (Phi) is 5.54. The van der Waals surface area contributed by atoms with Crippen LogP contribution in [0.3, 0.4) is 0 Å². The molecular formula is C15H19BrFNO2. The molecule has 110 valence electrons. The van der Waals surface area contributed by atoms with Gasteiger partial charge in [0, 0.05) is 18.7 Å². The maximum absolute atomic E-state index is 13.1. The molecule has 20 heavy (non-hydrogen) atoms. The monoisotopic (exact) mass is 343 g/mol. The molecule has 2 atom stereocenters. The largest absolute Gasteiger partial charge is 0.396 e. The van der Waals surface area contributed by atoms with Crippen LogP contribution in [0.4, 0.5) is 4.39 Å². The molecule has 0 aliphatic heterocycles. The van der Waals surface area contributed by atoms with Crippen LogP contribution < -0.4 is 5.32 Å². The third-order valence-corrected chi connectivity index (χ3v) is 4.62. The third-order valence-electron chi connectivity index (χ3n) is 4.01. The smallest absolute Gasteiger partial charge is 0.251 e. The Morgan fingerprint density at radius 1 is 1.35 bits per heavy atom. The second kappa shape index (κ2) is 7.18. The zero-order chi connectivity index (χ0) is 14.5. The molecule has 0 radical (unpaired) electrons. The topological polar surface area (TPSA) is 49.3 Å². The van der Waals surface area contributed by atoms with Gasteiger partial charge in [-0.05, 0) is 58.8 Å². The van der Waals surface area contributed by atoms with Crippen molar-refractivity contribution in [2.45, 2.75) is 25.7 Å². The summed E-state index contributed by atoms with van der Waals surface area (Å²) in [6.07, 6.45) is 4.37. The van der Waals surface area contributed by atoms with E-state index in [0.29, 0.717) is 18.0 Å². The van der Waals surface area contributed by atoms with E-state index in [1.165, 1.54) is 18.2 Å². The first-order valence-electron chi connectivity index (χ1n) is 6.96. The molecule has 2 N–H and O–H groups in total. The van der Waals surface area contributed by atoms with Gasteiger partial charge in [-0.3, -0.25) is 4.79 Å². The molecule has 0 spiro atoms. The van der Waals surface area contributed by atoms with E-state index in [4.69, 9.17) is 0 Å². The Labute approximate surface area is 126 Å². The van der Waals surface area contributed by atoms with Crippen molar-refractivity contribution < 1.29 is 14.3 Å². The molecule has 2 unspecified atom stereocenters. The number of aliphatic hydroxyl groups excluding tert-OH is 1. The van der Waals surface area contributed by atoms with Crippen LogP contribution in [0.25, 0.3) is 0 Å². The number of carbonyl (C=O) groups excluding carboxylic acids is 1. The van der Waals surface area contributed by atoms with Crippen molar-refractivity contribution in [3.05, 3.63) is 34.1 Å². The molecule has 1 aromatic carbocycles. The van der Waals surface area contributed by atoms with E-state index in [1.54, 1.807) is 0 Å². The quantitative estimate of drug-likeness (QED) is 0.882. The van der Waals surface area contributed by atoms with Crippen molar-refractivity contribution in [3.8, 4) is 0 Å². The van der Waals surface area contributed by atoms with Crippen LogP contribution in [0.1, 0.15) is 36.0 Å². The van der Waals surface area contributed by atoms with Gasteiger partial charge in [-0.15, -0.1) is 0 Å². The minimum Gasteiger partial charge on any atom is -0.396 e. The molecule has 3 nitrogen and oxygen atoms in total. The highest BCUT2D eigenvalue weighted by Gasteiger charge is 2.24. The second-order valence-electron chi connectivity index (χ2n) is 5.33. The van der Waals surface area contributed by atoms with Crippen LogP contribution >= 0.6 is 15.9 Å². The number of halogens is 2. The number of amides is 1. The van der Waals surface area contributed by atoms with Gasteiger partial charge in [-0.1, -0.05) is 12.8 Å². The first-order chi connectivity index (χ1) is 9.61. The maximum Gasteiger partial charge on any atom is 0.251 e. The van der Waals surface area contributed by atoms with E-state index < -0.39 is 0 Å². The summed E-state index contributed by atoms with van der Waals surface area (Å²) in [5.74, 6) is 0.0349. The summed E-state index contributed by atoms with van der Waals surface area (Å²) in [6, 6.07) is 4.23. The van der Waals surface area contributed by atoms with Gasteiger partial charge in [0.05, 0.1) is 4.47 Å². The Morgan fingerprint density at radius 3 is 2.70 bits per heavy atom. The van der Waals surface area contributed by atoms with Gasteiger partial charge >= 0.3 is 0 Å². The Morgan fingerprint density at radius 2 is 2.05 bits per heavy atom. The third kappa shape index (κ3) is 3.79. The van der Waals surface area contributed by atoms with E-state index >= 15 is 0 Å².